The Labute approximate surface area is 193 Å². The van der Waals surface area contributed by atoms with Crippen molar-refractivity contribution >= 4 is 11.8 Å². The van der Waals surface area contributed by atoms with E-state index in [1.54, 1.807) is 25.3 Å². The average molecular weight is 445 g/mol. The summed E-state index contributed by atoms with van der Waals surface area (Å²) < 4.78 is 11.4. The standard InChI is InChI=1S/C27H28N2O4/c1-18-6-5-7-19(14-18)12-13-33-24-15-20(10-11-23(24)32-2)25(30)29-27(26(28)31)16-21-8-3-4-9-22(21)17-27/h3-11,14-15H,12-13,16-17H2,1-2H3,(H2,28,31)(H,29,30). The maximum atomic E-state index is 13.1. The second kappa shape index (κ2) is 9.36. The number of primary amides is 1. The topological polar surface area (TPSA) is 90.6 Å². The van der Waals surface area contributed by atoms with Gasteiger partial charge in [-0.05, 0) is 41.8 Å². The fourth-order valence-corrected chi connectivity index (χ4v) is 4.31. The first-order chi connectivity index (χ1) is 15.9. The zero-order valence-electron chi connectivity index (χ0n) is 18.9. The predicted molar refractivity (Wildman–Crippen MR) is 127 cm³/mol. The molecule has 0 atom stereocenters. The lowest BCUT2D eigenvalue weighted by molar-refractivity contribution is -0.123. The van der Waals surface area contributed by atoms with Gasteiger partial charge < -0.3 is 20.5 Å². The number of amides is 2. The number of methoxy groups -OCH3 is 1. The highest BCUT2D eigenvalue weighted by molar-refractivity contribution is 6.00. The lowest BCUT2D eigenvalue weighted by Gasteiger charge is -2.27. The number of carbonyl (C=O) groups is 2. The van der Waals surface area contributed by atoms with Crippen molar-refractivity contribution in [2.45, 2.75) is 31.7 Å². The summed E-state index contributed by atoms with van der Waals surface area (Å²) in [6, 6.07) is 21.0. The van der Waals surface area contributed by atoms with Gasteiger partial charge >= 0.3 is 0 Å². The van der Waals surface area contributed by atoms with E-state index in [4.69, 9.17) is 15.2 Å². The van der Waals surface area contributed by atoms with Crippen LogP contribution in [0.4, 0.5) is 0 Å². The highest BCUT2D eigenvalue weighted by Crippen LogP contribution is 2.32. The maximum Gasteiger partial charge on any atom is 0.252 e. The molecular weight excluding hydrogens is 416 g/mol. The smallest absolute Gasteiger partial charge is 0.252 e. The molecule has 33 heavy (non-hydrogen) atoms. The Morgan fingerprint density at radius 1 is 0.970 bits per heavy atom. The van der Waals surface area contributed by atoms with Gasteiger partial charge in [-0.1, -0.05) is 54.1 Å². The molecule has 0 bridgehead atoms. The molecule has 0 saturated carbocycles. The van der Waals surface area contributed by atoms with E-state index in [-0.39, 0.29) is 5.91 Å². The molecule has 6 nitrogen and oxygen atoms in total. The molecule has 0 aromatic heterocycles. The molecule has 0 heterocycles. The van der Waals surface area contributed by atoms with Gasteiger partial charge in [-0.15, -0.1) is 0 Å². The highest BCUT2D eigenvalue weighted by atomic mass is 16.5. The van der Waals surface area contributed by atoms with Crippen molar-refractivity contribution in [1.29, 1.82) is 0 Å². The van der Waals surface area contributed by atoms with Crippen LogP contribution < -0.4 is 20.5 Å². The van der Waals surface area contributed by atoms with Crippen LogP contribution in [0.25, 0.3) is 0 Å². The predicted octanol–water partition coefficient (Wildman–Crippen LogP) is 3.38. The lowest BCUT2D eigenvalue weighted by atomic mass is 9.94. The van der Waals surface area contributed by atoms with Crippen molar-refractivity contribution in [1.82, 2.24) is 5.32 Å². The summed E-state index contributed by atoms with van der Waals surface area (Å²) in [4.78, 5) is 25.5. The number of ether oxygens (including phenoxy) is 2. The van der Waals surface area contributed by atoms with E-state index in [0.29, 0.717) is 36.5 Å². The number of carbonyl (C=O) groups excluding carboxylic acids is 2. The summed E-state index contributed by atoms with van der Waals surface area (Å²) in [6.45, 7) is 2.49. The summed E-state index contributed by atoms with van der Waals surface area (Å²) >= 11 is 0. The Morgan fingerprint density at radius 2 is 1.70 bits per heavy atom. The van der Waals surface area contributed by atoms with Gasteiger partial charge in [-0.2, -0.15) is 0 Å². The third kappa shape index (κ3) is 4.85. The van der Waals surface area contributed by atoms with E-state index >= 15 is 0 Å². The van der Waals surface area contributed by atoms with Crippen LogP contribution in [0.5, 0.6) is 11.5 Å². The van der Waals surface area contributed by atoms with Crippen LogP contribution in [0.2, 0.25) is 0 Å². The van der Waals surface area contributed by atoms with E-state index in [0.717, 1.165) is 17.5 Å². The van der Waals surface area contributed by atoms with E-state index in [1.807, 2.05) is 30.3 Å². The zero-order valence-corrected chi connectivity index (χ0v) is 18.9. The van der Waals surface area contributed by atoms with Gasteiger partial charge in [0.1, 0.15) is 5.54 Å². The van der Waals surface area contributed by atoms with E-state index in [1.165, 1.54) is 11.1 Å². The molecule has 2 amide bonds. The molecule has 6 heteroatoms. The molecule has 0 unspecified atom stereocenters. The Hall–Kier alpha value is -3.80. The Morgan fingerprint density at radius 3 is 2.33 bits per heavy atom. The second-order valence-corrected chi connectivity index (χ2v) is 8.48. The Bertz CT molecular complexity index is 1160. The van der Waals surface area contributed by atoms with Gasteiger partial charge in [0.15, 0.2) is 11.5 Å². The third-order valence-corrected chi connectivity index (χ3v) is 6.08. The highest BCUT2D eigenvalue weighted by Gasteiger charge is 2.43. The number of hydrogen-bond donors (Lipinski definition) is 2. The van der Waals surface area contributed by atoms with Crippen molar-refractivity contribution in [3.8, 4) is 11.5 Å². The summed E-state index contributed by atoms with van der Waals surface area (Å²) in [5, 5.41) is 2.90. The number of hydrogen-bond acceptors (Lipinski definition) is 4. The molecule has 0 radical (unpaired) electrons. The van der Waals surface area contributed by atoms with Gasteiger partial charge in [0.25, 0.3) is 5.91 Å². The second-order valence-electron chi connectivity index (χ2n) is 8.48. The minimum absolute atomic E-state index is 0.373. The first kappa shape index (κ1) is 22.4. The Balaban J connectivity index is 1.49. The number of nitrogens with two attached hydrogens (primary N) is 1. The maximum absolute atomic E-state index is 13.1. The minimum Gasteiger partial charge on any atom is -0.493 e. The van der Waals surface area contributed by atoms with Gasteiger partial charge in [-0.3, -0.25) is 9.59 Å². The molecule has 4 rings (SSSR count). The van der Waals surface area contributed by atoms with Crippen LogP contribution in [0.3, 0.4) is 0 Å². The van der Waals surface area contributed by atoms with E-state index < -0.39 is 11.4 Å². The first-order valence-corrected chi connectivity index (χ1v) is 11.0. The van der Waals surface area contributed by atoms with Gasteiger partial charge in [0.05, 0.1) is 13.7 Å². The monoisotopic (exact) mass is 444 g/mol. The fraction of sp³-hybridized carbons (Fsp3) is 0.259. The lowest BCUT2D eigenvalue weighted by Crippen LogP contribution is -2.58. The molecule has 3 N–H and O–H groups in total. The largest absolute Gasteiger partial charge is 0.493 e. The van der Waals surface area contributed by atoms with E-state index in [9.17, 15) is 9.59 Å². The number of benzene rings is 3. The molecular formula is C27H28N2O4. The Kier molecular flexibility index (Phi) is 6.36. The molecule has 0 fully saturated rings. The number of nitrogens with one attached hydrogen (secondary N) is 1. The fourth-order valence-electron chi connectivity index (χ4n) is 4.31. The van der Waals surface area contributed by atoms with Gasteiger partial charge in [0.2, 0.25) is 5.91 Å². The van der Waals surface area contributed by atoms with Crippen LogP contribution in [0, 0.1) is 6.92 Å². The van der Waals surface area contributed by atoms with Crippen molar-refractivity contribution < 1.29 is 19.1 Å². The van der Waals surface area contributed by atoms with Crippen molar-refractivity contribution in [2.75, 3.05) is 13.7 Å². The molecule has 0 saturated heterocycles. The number of aryl methyl sites for hydroxylation is 1. The molecule has 0 aliphatic heterocycles. The third-order valence-electron chi connectivity index (χ3n) is 6.08. The first-order valence-electron chi connectivity index (χ1n) is 11.0. The van der Waals surface area contributed by atoms with Crippen LogP contribution in [0.15, 0.2) is 66.7 Å². The summed E-state index contributed by atoms with van der Waals surface area (Å²) in [5.74, 6) is 0.0808. The molecule has 170 valence electrons. The summed E-state index contributed by atoms with van der Waals surface area (Å²) in [6.07, 6.45) is 1.48. The van der Waals surface area contributed by atoms with Crippen molar-refractivity contribution in [3.05, 3.63) is 94.5 Å². The minimum atomic E-state index is -1.15. The molecule has 3 aromatic carbocycles. The molecule has 1 aliphatic carbocycles. The van der Waals surface area contributed by atoms with Crippen LogP contribution in [0.1, 0.15) is 32.6 Å². The van der Waals surface area contributed by atoms with Crippen molar-refractivity contribution in [2.24, 2.45) is 5.73 Å². The average Bonchev–Trinajstić information content (AvgIpc) is 3.18. The van der Waals surface area contributed by atoms with Crippen molar-refractivity contribution in [3.63, 3.8) is 0 Å². The normalized spacial score (nSPS) is 13.8. The molecule has 1 aliphatic rings. The quantitative estimate of drug-likeness (QED) is 0.557. The SMILES string of the molecule is COc1ccc(C(=O)NC2(C(N)=O)Cc3ccccc3C2)cc1OCCc1cccc(C)c1. The molecule has 0 spiro atoms. The summed E-state index contributed by atoms with van der Waals surface area (Å²) in [5.41, 5.74) is 9.38. The summed E-state index contributed by atoms with van der Waals surface area (Å²) in [7, 11) is 1.56. The number of fused-ring (bicyclic) bond motifs is 1. The number of rotatable bonds is 8. The van der Waals surface area contributed by atoms with Gasteiger partial charge in [0, 0.05) is 24.8 Å². The van der Waals surface area contributed by atoms with Crippen LogP contribution in [-0.4, -0.2) is 31.1 Å². The van der Waals surface area contributed by atoms with Gasteiger partial charge in [-0.25, -0.2) is 0 Å². The zero-order chi connectivity index (χ0) is 23.4. The molecule has 3 aromatic rings. The van der Waals surface area contributed by atoms with E-state index in [2.05, 4.69) is 30.4 Å². The van der Waals surface area contributed by atoms with Crippen LogP contribution in [-0.2, 0) is 24.1 Å². The van der Waals surface area contributed by atoms with Crippen LogP contribution >= 0.6 is 0 Å².